The molecule has 0 spiro atoms. The van der Waals surface area contributed by atoms with Gasteiger partial charge in [-0.15, -0.1) is 0 Å². The summed E-state index contributed by atoms with van der Waals surface area (Å²) in [7, 11) is 0. The van der Waals surface area contributed by atoms with Crippen molar-refractivity contribution in [1.29, 1.82) is 0 Å². The van der Waals surface area contributed by atoms with Gasteiger partial charge >= 0.3 is 0 Å². The van der Waals surface area contributed by atoms with Crippen LogP contribution >= 0.6 is 0 Å². The molecule has 1 aliphatic rings. The van der Waals surface area contributed by atoms with Crippen LogP contribution in [-0.4, -0.2) is 29.8 Å². The van der Waals surface area contributed by atoms with Crippen LogP contribution in [0.15, 0.2) is 24.3 Å². The number of aryl methyl sites for hydroxylation is 1. The SMILES string of the molecule is CCCC(=O)N1CCNC(=O)C1c1ccc(C)cc1. The molecule has 0 aliphatic carbocycles. The molecule has 1 saturated heterocycles. The molecule has 0 bridgehead atoms. The number of hydrogen-bond donors (Lipinski definition) is 1. The average Bonchev–Trinajstić information content (AvgIpc) is 2.40. The van der Waals surface area contributed by atoms with Crippen LogP contribution in [-0.2, 0) is 9.59 Å². The van der Waals surface area contributed by atoms with E-state index < -0.39 is 6.04 Å². The molecular formula is C15H20N2O2. The molecule has 1 heterocycles. The van der Waals surface area contributed by atoms with Crippen LogP contribution in [0.25, 0.3) is 0 Å². The molecule has 102 valence electrons. The van der Waals surface area contributed by atoms with Crippen molar-refractivity contribution >= 4 is 11.8 Å². The van der Waals surface area contributed by atoms with Crippen molar-refractivity contribution in [1.82, 2.24) is 10.2 Å². The second kappa shape index (κ2) is 5.87. The van der Waals surface area contributed by atoms with Gasteiger partial charge < -0.3 is 10.2 Å². The molecule has 0 saturated carbocycles. The van der Waals surface area contributed by atoms with E-state index in [0.717, 1.165) is 17.5 Å². The van der Waals surface area contributed by atoms with E-state index in [9.17, 15) is 9.59 Å². The Morgan fingerprint density at radius 3 is 2.68 bits per heavy atom. The average molecular weight is 260 g/mol. The fourth-order valence-electron chi connectivity index (χ4n) is 2.37. The molecule has 1 fully saturated rings. The zero-order chi connectivity index (χ0) is 13.8. The lowest BCUT2D eigenvalue weighted by molar-refractivity contribution is -0.143. The highest BCUT2D eigenvalue weighted by atomic mass is 16.2. The van der Waals surface area contributed by atoms with E-state index in [0.29, 0.717) is 19.5 Å². The first-order chi connectivity index (χ1) is 9.13. The molecule has 4 nitrogen and oxygen atoms in total. The van der Waals surface area contributed by atoms with E-state index >= 15 is 0 Å². The van der Waals surface area contributed by atoms with Gasteiger partial charge in [-0.25, -0.2) is 0 Å². The van der Waals surface area contributed by atoms with Crippen LogP contribution < -0.4 is 5.32 Å². The second-order valence-electron chi connectivity index (χ2n) is 4.94. The highest BCUT2D eigenvalue weighted by Crippen LogP contribution is 2.24. The van der Waals surface area contributed by atoms with Gasteiger partial charge in [0, 0.05) is 19.5 Å². The minimum absolute atomic E-state index is 0.0583. The number of carbonyl (C=O) groups is 2. The lowest BCUT2D eigenvalue weighted by Gasteiger charge is -2.35. The monoisotopic (exact) mass is 260 g/mol. The van der Waals surface area contributed by atoms with Gasteiger partial charge in [0.1, 0.15) is 6.04 Å². The molecule has 1 atom stereocenters. The van der Waals surface area contributed by atoms with Crippen molar-refractivity contribution in [3.63, 3.8) is 0 Å². The van der Waals surface area contributed by atoms with Crippen molar-refractivity contribution < 1.29 is 9.59 Å². The Morgan fingerprint density at radius 1 is 1.37 bits per heavy atom. The smallest absolute Gasteiger partial charge is 0.247 e. The Kier molecular flexibility index (Phi) is 4.20. The van der Waals surface area contributed by atoms with Crippen molar-refractivity contribution in [2.24, 2.45) is 0 Å². The Hall–Kier alpha value is -1.84. The number of benzene rings is 1. The van der Waals surface area contributed by atoms with Crippen molar-refractivity contribution in [3.8, 4) is 0 Å². The molecule has 19 heavy (non-hydrogen) atoms. The summed E-state index contributed by atoms with van der Waals surface area (Å²) >= 11 is 0. The fraction of sp³-hybridized carbons (Fsp3) is 0.467. The Labute approximate surface area is 113 Å². The largest absolute Gasteiger partial charge is 0.352 e. The molecular weight excluding hydrogens is 240 g/mol. The third kappa shape index (κ3) is 2.95. The quantitative estimate of drug-likeness (QED) is 0.901. The molecule has 1 N–H and O–H groups in total. The number of carbonyl (C=O) groups excluding carboxylic acids is 2. The van der Waals surface area contributed by atoms with Gasteiger partial charge in [0.15, 0.2) is 0 Å². The van der Waals surface area contributed by atoms with Crippen LogP contribution in [0, 0.1) is 6.92 Å². The molecule has 1 aromatic rings. The number of hydrogen-bond acceptors (Lipinski definition) is 2. The third-order valence-corrected chi connectivity index (χ3v) is 3.39. The lowest BCUT2D eigenvalue weighted by atomic mass is 10.0. The minimum atomic E-state index is -0.478. The van der Waals surface area contributed by atoms with E-state index in [1.165, 1.54) is 0 Å². The fourth-order valence-corrected chi connectivity index (χ4v) is 2.37. The highest BCUT2D eigenvalue weighted by Gasteiger charge is 2.33. The van der Waals surface area contributed by atoms with E-state index in [1.54, 1.807) is 4.90 Å². The highest BCUT2D eigenvalue weighted by molar-refractivity contribution is 5.89. The van der Waals surface area contributed by atoms with Gasteiger partial charge in [-0.1, -0.05) is 36.8 Å². The number of nitrogens with zero attached hydrogens (tertiary/aromatic N) is 1. The maximum Gasteiger partial charge on any atom is 0.247 e. The molecule has 4 heteroatoms. The minimum Gasteiger partial charge on any atom is -0.352 e. The summed E-state index contributed by atoms with van der Waals surface area (Å²) in [5.41, 5.74) is 2.03. The van der Waals surface area contributed by atoms with E-state index in [4.69, 9.17) is 0 Å². The predicted molar refractivity (Wildman–Crippen MR) is 73.6 cm³/mol. The second-order valence-corrected chi connectivity index (χ2v) is 4.94. The maximum absolute atomic E-state index is 12.1. The van der Waals surface area contributed by atoms with Crippen molar-refractivity contribution in [2.75, 3.05) is 13.1 Å². The summed E-state index contributed by atoms with van der Waals surface area (Å²) in [5, 5.41) is 2.84. The molecule has 1 aromatic carbocycles. The Balaban J connectivity index is 2.28. The van der Waals surface area contributed by atoms with Crippen LogP contribution in [0.2, 0.25) is 0 Å². The number of amides is 2. The molecule has 0 radical (unpaired) electrons. The first-order valence-electron chi connectivity index (χ1n) is 6.77. The summed E-state index contributed by atoms with van der Waals surface area (Å²) in [4.78, 5) is 25.9. The summed E-state index contributed by atoms with van der Waals surface area (Å²) in [6, 6.07) is 7.32. The Bertz CT molecular complexity index is 468. The Morgan fingerprint density at radius 2 is 2.05 bits per heavy atom. The molecule has 1 unspecified atom stereocenters. The number of nitrogens with one attached hydrogen (secondary N) is 1. The number of piperazine rings is 1. The first-order valence-corrected chi connectivity index (χ1v) is 6.77. The molecule has 2 amide bonds. The van der Waals surface area contributed by atoms with Crippen LogP contribution in [0.1, 0.15) is 36.9 Å². The van der Waals surface area contributed by atoms with Gasteiger partial charge in [-0.05, 0) is 18.9 Å². The molecule has 2 rings (SSSR count). The first kappa shape index (κ1) is 13.6. The zero-order valence-electron chi connectivity index (χ0n) is 11.5. The predicted octanol–water partition coefficient (Wildman–Crippen LogP) is 1.79. The standard InChI is InChI=1S/C15H20N2O2/c1-3-4-13(18)17-10-9-16-15(19)14(17)12-7-5-11(2)6-8-12/h5-8,14H,3-4,9-10H2,1-2H3,(H,16,19). The van der Waals surface area contributed by atoms with Gasteiger partial charge in [0.25, 0.3) is 0 Å². The van der Waals surface area contributed by atoms with Crippen LogP contribution in [0.4, 0.5) is 0 Å². The van der Waals surface area contributed by atoms with Crippen LogP contribution in [0.5, 0.6) is 0 Å². The number of rotatable bonds is 3. The molecule has 0 aromatic heterocycles. The summed E-state index contributed by atoms with van der Waals surface area (Å²) in [6.07, 6.45) is 1.30. The van der Waals surface area contributed by atoms with Crippen molar-refractivity contribution in [3.05, 3.63) is 35.4 Å². The summed E-state index contributed by atoms with van der Waals surface area (Å²) in [5.74, 6) is -0.0255. The molecule has 1 aliphatic heterocycles. The summed E-state index contributed by atoms with van der Waals surface area (Å²) < 4.78 is 0. The van der Waals surface area contributed by atoms with E-state index in [2.05, 4.69) is 5.32 Å². The zero-order valence-corrected chi connectivity index (χ0v) is 11.5. The van der Waals surface area contributed by atoms with Gasteiger partial charge in [0.2, 0.25) is 11.8 Å². The lowest BCUT2D eigenvalue weighted by Crippen LogP contribution is -2.52. The topological polar surface area (TPSA) is 49.4 Å². The maximum atomic E-state index is 12.1. The van der Waals surface area contributed by atoms with Gasteiger partial charge in [-0.2, -0.15) is 0 Å². The normalized spacial score (nSPS) is 19.2. The van der Waals surface area contributed by atoms with E-state index in [-0.39, 0.29) is 11.8 Å². The van der Waals surface area contributed by atoms with Gasteiger partial charge in [0.05, 0.1) is 0 Å². The summed E-state index contributed by atoms with van der Waals surface area (Å²) in [6.45, 7) is 5.10. The van der Waals surface area contributed by atoms with Crippen LogP contribution in [0.3, 0.4) is 0 Å². The third-order valence-electron chi connectivity index (χ3n) is 3.39. The van der Waals surface area contributed by atoms with E-state index in [1.807, 2.05) is 38.1 Å². The van der Waals surface area contributed by atoms with Gasteiger partial charge in [-0.3, -0.25) is 9.59 Å². The van der Waals surface area contributed by atoms with Crippen molar-refractivity contribution in [2.45, 2.75) is 32.7 Å².